The van der Waals surface area contributed by atoms with Crippen LogP contribution in [0.2, 0.25) is 5.02 Å². The van der Waals surface area contributed by atoms with E-state index in [2.05, 4.69) is 57.3 Å². The van der Waals surface area contributed by atoms with Crippen molar-refractivity contribution in [2.45, 2.75) is 30.4 Å². The van der Waals surface area contributed by atoms with Gasteiger partial charge >= 0.3 is 5.97 Å². The molecule has 5 nitrogen and oxygen atoms in total. The first-order valence-electron chi connectivity index (χ1n) is 13.1. The summed E-state index contributed by atoms with van der Waals surface area (Å²) in [6, 6.07) is 24.5. The van der Waals surface area contributed by atoms with E-state index in [1.807, 2.05) is 36.4 Å². The molecule has 0 saturated heterocycles. The summed E-state index contributed by atoms with van der Waals surface area (Å²) in [6.45, 7) is 2.60. The largest absolute Gasteiger partial charge is 0.497 e. The van der Waals surface area contributed by atoms with Crippen molar-refractivity contribution in [3.63, 3.8) is 0 Å². The molecule has 0 amide bonds. The summed E-state index contributed by atoms with van der Waals surface area (Å²) in [6.07, 6.45) is 1.36. The molecule has 0 unspecified atom stereocenters. The number of halogens is 2. The van der Waals surface area contributed by atoms with Crippen LogP contribution >= 0.6 is 39.3 Å². The molecule has 5 rings (SSSR count). The molecule has 0 bridgehead atoms. The Morgan fingerprint density at radius 3 is 2.60 bits per heavy atom. The summed E-state index contributed by atoms with van der Waals surface area (Å²) in [4.78, 5) is 17.1. The number of H-pyrrole nitrogens is 1. The number of hydrogen-bond donors (Lipinski definition) is 1. The second kappa shape index (κ2) is 13.0. The molecule has 0 atom stereocenters. The predicted molar refractivity (Wildman–Crippen MR) is 167 cm³/mol. The van der Waals surface area contributed by atoms with Crippen LogP contribution in [0.15, 0.2) is 82.2 Å². The van der Waals surface area contributed by atoms with Gasteiger partial charge in [-0.3, -0.25) is 0 Å². The van der Waals surface area contributed by atoms with Crippen molar-refractivity contribution >= 4 is 66.9 Å². The number of hydrogen-bond acceptors (Lipinski definition) is 5. The lowest BCUT2D eigenvalue weighted by molar-refractivity contribution is 0.0519. The highest BCUT2D eigenvalue weighted by Gasteiger charge is 2.21. The summed E-state index contributed by atoms with van der Waals surface area (Å²) in [7, 11) is 1.68. The molecule has 1 aromatic heterocycles. The minimum atomic E-state index is -0.370. The fraction of sp³-hybridized carbons (Fsp3) is 0.219. The number of esters is 1. The van der Waals surface area contributed by atoms with Crippen molar-refractivity contribution in [2.24, 2.45) is 0 Å². The molecular weight excluding hydrogens is 610 g/mol. The fourth-order valence-corrected chi connectivity index (χ4v) is 6.20. The highest BCUT2D eigenvalue weighted by atomic mass is 79.9. The lowest BCUT2D eigenvalue weighted by Crippen LogP contribution is -2.09. The Hall–Kier alpha value is -3.13. The van der Waals surface area contributed by atoms with Gasteiger partial charge in [0.1, 0.15) is 17.2 Å². The number of ether oxygens (including phenoxy) is 3. The van der Waals surface area contributed by atoms with Crippen LogP contribution in [0.1, 0.15) is 35.0 Å². The van der Waals surface area contributed by atoms with E-state index in [1.165, 1.54) is 5.56 Å². The van der Waals surface area contributed by atoms with E-state index in [4.69, 9.17) is 25.8 Å². The summed E-state index contributed by atoms with van der Waals surface area (Å²) >= 11 is 11.6. The van der Waals surface area contributed by atoms with Crippen LogP contribution in [0.25, 0.3) is 21.7 Å². The second-order valence-corrected chi connectivity index (χ2v) is 11.5. The van der Waals surface area contributed by atoms with E-state index in [0.717, 1.165) is 60.3 Å². The first kappa shape index (κ1) is 28.4. The average molecular weight is 639 g/mol. The number of benzene rings is 4. The summed E-state index contributed by atoms with van der Waals surface area (Å²) in [5.41, 5.74) is 3.38. The zero-order valence-corrected chi connectivity index (χ0v) is 25.4. The van der Waals surface area contributed by atoms with Crippen molar-refractivity contribution in [3.8, 4) is 11.5 Å². The number of aryl methyl sites for hydroxylation is 1. The molecule has 4 aromatic carbocycles. The van der Waals surface area contributed by atoms with Gasteiger partial charge in [-0.1, -0.05) is 54.1 Å². The van der Waals surface area contributed by atoms with E-state index >= 15 is 0 Å². The molecule has 1 N–H and O–H groups in total. The molecule has 0 aliphatic heterocycles. The Morgan fingerprint density at radius 2 is 1.82 bits per heavy atom. The first-order chi connectivity index (χ1) is 19.5. The van der Waals surface area contributed by atoms with Crippen LogP contribution in [-0.2, 0) is 16.9 Å². The third-order valence-electron chi connectivity index (χ3n) is 6.64. The van der Waals surface area contributed by atoms with Crippen LogP contribution in [0, 0.1) is 0 Å². The number of thioether (sulfide) groups is 1. The van der Waals surface area contributed by atoms with Crippen molar-refractivity contribution in [1.29, 1.82) is 0 Å². The third-order valence-corrected chi connectivity index (χ3v) is 9.06. The van der Waals surface area contributed by atoms with Crippen LogP contribution in [-0.4, -0.2) is 31.3 Å². The number of aromatic nitrogens is 1. The number of aromatic amines is 1. The zero-order chi connectivity index (χ0) is 28.1. The van der Waals surface area contributed by atoms with Gasteiger partial charge in [0.2, 0.25) is 0 Å². The quantitative estimate of drug-likeness (QED) is 0.0888. The third kappa shape index (κ3) is 6.27. The van der Waals surface area contributed by atoms with Gasteiger partial charge in [-0.2, -0.15) is 0 Å². The molecule has 1 heterocycles. The monoisotopic (exact) mass is 637 g/mol. The molecule has 5 aromatic rings. The van der Waals surface area contributed by atoms with E-state index in [-0.39, 0.29) is 5.97 Å². The number of fused-ring (bicyclic) bond motifs is 2. The van der Waals surface area contributed by atoms with Gasteiger partial charge in [-0.05, 0) is 82.5 Å². The molecule has 0 aliphatic rings. The van der Waals surface area contributed by atoms with Gasteiger partial charge in [-0.25, -0.2) is 4.79 Å². The Bertz CT molecular complexity index is 1650. The van der Waals surface area contributed by atoms with E-state index < -0.39 is 0 Å². The van der Waals surface area contributed by atoms with Crippen molar-refractivity contribution in [2.75, 3.05) is 20.3 Å². The minimum absolute atomic E-state index is 0.304. The Kier molecular flexibility index (Phi) is 9.25. The maximum atomic E-state index is 12.7. The molecule has 0 fully saturated rings. The first-order valence-corrected chi connectivity index (χ1v) is 15.2. The topological polar surface area (TPSA) is 60.6 Å². The molecule has 0 saturated carbocycles. The molecule has 0 radical (unpaired) electrons. The van der Waals surface area contributed by atoms with E-state index in [0.29, 0.717) is 30.4 Å². The van der Waals surface area contributed by atoms with Crippen LogP contribution in [0.4, 0.5) is 0 Å². The van der Waals surface area contributed by atoms with Gasteiger partial charge in [0.25, 0.3) is 0 Å². The van der Waals surface area contributed by atoms with Gasteiger partial charge in [-0.15, -0.1) is 11.8 Å². The number of carbonyl (C=O) groups excluding carboxylic acids is 1. The number of rotatable bonds is 11. The second-order valence-electron chi connectivity index (χ2n) is 9.21. The molecule has 40 heavy (non-hydrogen) atoms. The smallest absolute Gasteiger partial charge is 0.355 e. The average Bonchev–Trinajstić information content (AvgIpc) is 3.35. The van der Waals surface area contributed by atoms with Gasteiger partial charge < -0.3 is 19.2 Å². The van der Waals surface area contributed by atoms with E-state index in [9.17, 15) is 4.79 Å². The van der Waals surface area contributed by atoms with Crippen LogP contribution < -0.4 is 9.47 Å². The molecule has 0 spiro atoms. The lowest BCUT2D eigenvalue weighted by Gasteiger charge is -2.13. The van der Waals surface area contributed by atoms with E-state index in [1.54, 1.807) is 25.8 Å². The highest BCUT2D eigenvalue weighted by molar-refractivity contribution is 9.10. The summed E-state index contributed by atoms with van der Waals surface area (Å²) < 4.78 is 17.7. The summed E-state index contributed by atoms with van der Waals surface area (Å²) in [5.74, 6) is 2.19. The minimum Gasteiger partial charge on any atom is -0.497 e. The number of nitrogens with one attached hydrogen (secondary N) is 1. The van der Waals surface area contributed by atoms with Crippen molar-refractivity contribution < 1.29 is 19.0 Å². The zero-order valence-electron chi connectivity index (χ0n) is 22.3. The molecule has 0 aliphatic carbocycles. The van der Waals surface area contributed by atoms with Crippen molar-refractivity contribution in [1.82, 2.24) is 4.98 Å². The van der Waals surface area contributed by atoms with Crippen LogP contribution in [0.3, 0.4) is 0 Å². The number of methoxy groups -OCH3 is 1. The standard InChI is InChI=1S/C32H29BrClNO4S/c1-3-38-32(36)31-25(26-14-15-27(34)29(33)30(26)35-31)9-6-16-39-28-18-23(17-21-7-4-5-8-24(21)28)40-19-20-10-12-22(37-2)13-11-20/h4-5,7-8,10-15,17-18,35H,3,6,9,16,19H2,1-2H3. The SMILES string of the molecule is CCOC(=O)c1[nH]c2c(Br)c(Cl)ccc2c1CCCOc1cc(SCc2ccc(OC)cc2)cc2ccccc12. The maximum Gasteiger partial charge on any atom is 0.355 e. The van der Waals surface area contributed by atoms with Gasteiger partial charge in [0.15, 0.2) is 0 Å². The number of carbonyl (C=O) groups is 1. The van der Waals surface area contributed by atoms with Crippen LogP contribution in [0.5, 0.6) is 11.5 Å². The molecule has 206 valence electrons. The molecule has 8 heteroatoms. The Balaban J connectivity index is 1.32. The summed E-state index contributed by atoms with van der Waals surface area (Å²) in [5, 5.41) is 3.74. The normalized spacial score (nSPS) is 11.2. The molecular formula is C32H29BrClNO4S. The Morgan fingerprint density at radius 1 is 1.02 bits per heavy atom. The highest BCUT2D eigenvalue weighted by Crippen LogP contribution is 2.36. The lowest BCUT2D eigenvalue weighted by atomic mass is 10.1. The maximum absolute atomic E-state index is 12.7. The fourth-order valence-electron chi connectivity index (χ4n) is 4.67. The van der Waals surface area contributed by atoms with Crippen molar-refractivity contribution in [3.05, 3.63) is 99.1 Å². The predicted octanol–water partition coefficient (Wildman–Crippen LogP) is 9.23. The van der Waals surface area contributed by atoms with Gasteiger partial charge in [0.05, 0.1) is 35.3 Å². The van der Waals surface area contributed by atoms with Gasteiger partial charge in [0, 0.05) is 21.4 Å². The Labute approximate surface area is 251 Å².